The minimum atomic E-state index is -0.554. The maximum Gasteiger partial charge on any atom is 0.415 e. The first-order valence-electron chi connectivity index (χ1n) is 9.91. The van der Waals surface area contributed by atoms with E-state index >= 15 is 0 Å². The number of hydrogen-bond donors (Lipinski definition) is 1. The van der Waals surface area contributed by atoms with Crippen molar-refractivity contribution in [1.82, 2.24) is 9.88 Å². The van der Waals surface area contributed by atoms with Gasteiger partial charge in [0, 0.05) is 37.9 Å². The minimum absolute atomic E-state index is 0.213. The second kappa shape index (κ2) is 7.20. The summed E-state index contributed by atoms with van der Waals surface area (Å²) in [5, 5.41) is 9.42. The molecule has 0 radical (unpaired) electrons. The van der Waals surface area contributed by atoms with Crippen molar-refractivity contribution >= 4 is 17.6 Å². The van der Waals surface area contributed by atoms with Crippen LogP contribution in [0.15, 0.2) is 36.5 Å². The molecule has 2 fully saturated rings. The number of hydrogen-bond acceptors (Lipinski definition) is 7. The third kappa shape index (κ3) is 3.18. The quantitative estimate of drug-likeness (QED) is 0.844. The van der Waals surface area contributed by atoms with Gasteiger partial charge in [0.25, 0.3) is 0 Å². The summed E-state index contributed by atoms with van der Waals surface area (Å²) in [6.07, 6.45) is 0.888. The maximum absolute atomic E-state index is 12.2. The molecule has 3 aliphatic heterocycles. The van der Waals surface area contributed by atoms with Crippen molar-refractivity contribution in [3.05, 3.63) is 36.5 Å². The van der Waals surface area contributed by atoms with Gasteiger partial charge in [-0.3, -0.25) is 4.90 Å². The summed E-state index contributed by atoms with van der Waals surface area (Å²) in [5.41, 5.74) is 2.65. The van der Waals surface area contributed by atoms with Crippen LogP contribution in [-0.2, 0) is 4.74 Å². The van der Waals surface area contributed by atoms with Gasteiger partial charge < -0.3 is 24.4 Å². The zero-order valence-electron chi connectivity index (χ0n) is 16.3. The van der Waals surface area contributed by atoms with E-state index in [-0.39, 0.29) is 12.6 Å². The maximum atomic E-state index is 12.2. The van der Waals surface area contributed by atoms with Crippen molar-refractivity contribution in [2.45, 2.75) is 12.1 Å². The number of benzene rings is 1. The SMILES string of the molecule is CN1CCN(c2ccc(-c3ccc4c(c3)OC[C@H]3[C@H](CO)OC(=O)N43)cn2)CC1. The Morgan fingerprint density at radius 2 is 1.93 bits per heavy atom. The highest BCUT2D eigenvalue weighted by molar-refractivity contribution is 5.94. The van der Waals surface area contributed by atoms with E-state index in [0.29, 0.717) is 18.0 Å². The van der Waals surface area contributed by atoms with Crippen LogP contribution in [0.1, 0.15) is 0 Å². The number of fused-ring (bicyclic) bond motifs is 3. The fourth-order valence-corrected chi connectivity index (χ4v) is 4.15. The summed E-state index contributed by atoms with van der Waals surface area (Å²) in [4.78, 5) is 23.1. The highest BCUT2D eigenvalue weighted by Crippen LogP contribution is 2.41. The Bertz CT molecular complexity index is 911. The molecule has 2 saturated heterocycles. The van der Waals surface area contributed by atoms with Gasteiger partial charge in [-0.2, -0.15) is 0 Å². The molecule has 29 heavy (non-hydrogen) atoms. The molecule has 0 spiro atoms. The monoisotopic (exact) mass is 396 g/mol. The standard InChI is InChI=1S/C21H24N4O4/c1-23-6-8-24(9-7-23)20-5-3-15(11-22-20)14-2-4-16-18(10-14)28-13-17-19(12-26)29-21(27)25(16)17/h2-5,10-11,17,19,26H,6-9,12-13H2,1H3/t17-,19-/m0/s1. The van der Waals surface area contributed by atoms with Crippen LogP contribution < -0.4 is 14.5 Å². The Labute approximate surface area is 169 Å². The first-order valence-corrected chi connectivity index (χ1v) is 9.91. The number of anilines is 2. The normalized spacial score (nSPS) is 24.0. The molecule has 152 valence electrons. The van der Waals surface area contributed by atoms with Crippen molar-refractivity contribution in [2.24, 2.45) is 0 Å². The van der Waals surface area contributed by atoms with E-state index in [1.165, 1.54) is 0 Å². The van der Waals surface area contributed by atoms with Gasteiger partial charge >= 0.3 is 6.09 Å². The van der Waals surface area contributed by atoms with Crippen molar-refractivity contribution < 1.29 is 19.4 Å². The van der Waals surface area contributed by atoms with E-state index in [2.05, 4.69) is 34.0 Å². The predicted octanol–water partition coefficient (Wildman–Crippen LogP) is 1.58. The Kier molecular flexibility index (Phi) is 4.52. The molecule has 1 N–H and O–H groups in total. The lowest BCUT2D eigenvalue weighted by atomic mass is 10.0. The largest absolute Gasteiger partial charge is 0.489 e. The Morgan fingerprint density at radius 3 is 2.66 bits per heavy atom. The average Bonchev–Trinajstić information content (AvgIpc) is 3.10. The van der Waals surface area contributed by atoms with Crippen LogP contribution in [0.25, 0.3) is 11.1 Å². The second-order valence-electron chi connectivity index (χ2n) is 7.73. The Balaban J connectivity index is 1.37. The summed E-state index contributed by atoms with van der Waals surface area (Å²) in [5.74, 6) is 1.63. The molecule has 0 unspecified atom stereocenters. The summed E-state index contributed by atoms with van der Waals surface area (Å²) >= 11 is 0. The van der Waals surface area contributed by atoms with Gasteiger partial charge in [0.05, 0.1) is 12.3 Å². The third-order valence-corrected chi connectivity index (χ3v) is 5.93. The zero-order chi connectivity index (χ0) is 20.0. The summed E-state index contributed by atoms with van der Waals surface area (Å²) < 4.78 is 11.1. The lowest BCUT2D eigenvalue weighted by Crippen LogP contribution is -2.45. The van der Waals surface area contributed by atoms with Crippen LogP contribution in [0, 0.1) is 0 Å². The molecule has 1 aromatic carbocycles. The average molecular weight is 396 g/mol. The van der Waals surface area contributed by atoms with Crippen LogP contribution in [0.3, 0.4) is 0 Å². The zero-order valence-corrected chi connectivity index (χ0v) is 16.3. The number of aromatic nitrogens is 1. The highest BCUT2D eigenvalue weighted by Gasteiger charge is 2.46. The van der Waals surface area contributed by atoms with Crippen LogP contribution >= 0.6 is 0 Å². The molecule has 8 nitrogen and oxygen atoms in total. The van der Waals surface area contributed by atoms with E-state index in [9.17, 15) is 9.90 Å². The van der Waals surface area contributed by atoms with Crippen molar-refractivity contribution in [2.75, 3.05) is 56.2 Å². The molecule has 0 bridgehead atoms. The third-order valence-electron chi connectivity index (χ3n) is 5.93. The van der Waals surface area contributed by atoms with Crippen LogP contribution in [0.4, 0.5) is 16.3 Å². The van der Waals surface area contributed by atoms with Gasteiger partial charge in [-0.15, -0.1) is 0 Å². The molecule has 3 aliphatic rings. The van der Waals surface area contributed by atoms with Crippen molar-refractivity contribution in [3.63, 3.8) is 0 Å². The van der Waals surface area contributed by atoms with Gasteiger partial charge in [0.1, 0.15) is 24.2 Å². The van der Waals surface area contributed by atoms with Crippen LogP contribution in [0.5, 0.6) is 5.75 Å². The highest BCUT2D eigenvalue weighted by atomic mass is 16.6. The molecule has 2 atom stereocenters. The summed E-state index contributed by atoms with van der Waals surface area (Å²) in [6, 6.07) is 9.58. The number of likely N-dealkylation sites (N-methyl/N-ethyl adjacent to an activating group) is 1. The van der Waals surface area contributed by atoms with E-state index in [1.807, 2.05) is 24.4 Å². The number of pyridine rings is 1. The van der Waals surface area contributed by atoms with E-state index in [0.717, 1.165) is 43.1 Å². The van der Waals surface area contributed by atoms with Gasteiger partial charge in [-0.1, -0.05) is 6.07 Å². The van der Waals surface area contributed by atoms with Gasteiger partial charge in [0.2, 0.25) is 0 Å². The van der Waals surface area contributed by atoms with Gasteiger partial charge in [0.15, 0.2) is 6.10 Å². The van der Waals surface area contributed by atoms with Crippen LogP contribution in [0.2, 0.25) is 0 Å². The number of aliphatic hydroxyl groups is 1. The molecular weight excluding hydrogens is 372 g/mol. The number of rotatable bonds is 3. The molecule has 0 saturated carbocycles. The number of nitrogens with zero attached hydrogens (tertiary/aromatic N) is 4. The Hall–Kier alpha value is -2.84. The molecule has 2 aromatic rings. The van der Waals surface area contributed by atoms with E-state index in [4.69, 9.17) is 9.47 Å². The van der Waals surface area contributed by atoms with Crippen molar-refractivity contribution in [1.29, 1.82) is 0 Å². The number of aliphatic hydroxyl groups excluding tert-OH is 1. The van der Waals surface area contributed by atoms with Crippen LogP contribution in [-0.4, -0.2) is 79.7 Å². The molecular formula is C21H24N4O4. The van der Waals surface area contributed by atoms with Gasteiger partial charge in [-0.25, -0.2) is 9.78 Å². The molecule has 5 rings (SSSR count). The van der Waals surface area contributed by atoms with E-state index in [1.54, 1.807) is 4.90 Å². The summed E-state index contributed by atoms with van der Waals surface area (Å²) in [6.45, 7) is 4.14. The number of amides is 1. The fraction of sp³-hybridized carbons (Fsp3) is 0.429. The van der Waals surface area contributed by atoms with Gasteiger partial charge in [-0.05, 0) is 36.9 Å². The number of cyclic esters (lactones) is 1. The minimum Gasteiger partial charge on any atom is -0.489 e. The number of carbonyl (C=O) groups excluding carboxylic acids is 1. The number of piperazine rings is 1. The predicted molar refractivity (Wildman–Crippen MR) is 108 cm³/mol. The lowest BCUT2D eigenvalue weighted by molar-refractivity contribution is 0.0734. The first-order chi connectivity index (χ1) is 14.1. The number of carbonyl (C=O) groups is 1. The summed E-state index contributed by atoms with van der Waals surface area (Å²) in [7, 11) is 2.14. The fourth-order valence-electron chi connectivity index (χ4n) is 4.15. The number of ether oxygens (including phenoxy) is 2. The van der Waals surface area contributed by atoms with Crippen molar-refractivity contribution in [3.8, 4) is 16.9 Å². The Morgan fingerprint density at radius 1 is 1.14 bits per heavy atom. The molecule has 0 aliphatic carbocycles. The van der Waals surface area contributed by atoms with E-state index < -0.39 is 12.2 Å². The molecule has 1 amide bonds. The molecule has 1 aromatic heterocycles. The molecule has 8 heteroatoms. The lowest BCUT2D eigenvalue weighted by Gasteiger charge is -2.33. The second-order valence-corrected chi connectivity index (χ2v) is 7.73. The first kappa shape index (κ1) is 18.2. The topological polar surface area (TPSA) is 78.4 Å². The smallest absolute Gasteiger partial charge is 0.415 e. The molecule has 4 heterocycles.